The summed E-state index contributed by atoms with van der Waals surface area (Å²) in [6.45, 7) is 2.06. The quantitative estimate of drug-likeness (QED) is 0.744. The number of pyridine rings is 1. The van der Waals surface area contributed by atoms with Crippen molar-refractivity contribution in [3.05, 3.63) is 54.4 Å². The van der Waals surface area contributed by atoms with Gasteiger partial charge in [0.25, 0.3) is 0 Å². The van der Waals surface area contributed by atoms with Crippen LogP contribution in [0.1, 0.15) is 5.56 Å². The van der Waals surface area contributed by atoms with E-state index >= 15 is 0 Å². The number of H-pyrrole nitrogens is 1. The second-order valence-corrected chi connectivity index (χ2v) is 4.06. The van der Waals surface area contributed by atoms with Gasteiger partial charge in [-0.25, -0.2) is 4.98 Å². The Kier molecular flexibility index (Phi) is 2.61. The Balaban J connectivity index is 2.03. The summed E-state index contributed by atoms with van der Waals surface area (Å²) in [5, 5.41) is 7.22. The number of aromatic amines is 1. The molecule has 0 aliphatic carbocycles. The maximum atomic E-state index is 4.52. The predicted molar refractivity (Wildman–Crippen MR) is 69.8 cm³/mol. The first kappa shape index (κ1) is 10.7. The standard InChI is InChI=1S/C14H12N4/c1-10-4-2-3-5-12(10)14-16-13(17-18-14)11-6-8-15-9-7-11/h2-9H,1H3,(H,16,17,18). The van der Waals surface area contributed by atoms with Gasteiger partial charge in [-0.05, 0) is 24.6 Å². The fourth-order valence-electron chi connectivity index (χ4n) is 1.85. The highest BCUT2D eigenvalue weighted by Gasteiger charge is 2.08. The molecule has 4 nitrogen and oxygen atoms in total. The highest BCUT2D eigenvalue weighted by atomic mass is 15.2. The number of aromatic nitrogens is 4. The molecule has 0 atom stereocenters. The zero-order valence-electron chi connectivity index (χ0n) is 9.96. The Morgan fingerprint density at radius 2 is 1.78 bits per heavy atom. The van der Waals surface area contributed by atoms with Crippen LogP contribution in [0.5, 0.6) is 0 Å². The van der Waals surface area contributed by atoms with Gasteiger partial charge in [0.05, 0.1) is 0 Å². The Morgan fingerprint density at radius 1 is 1.00 bits per heavy atom. The molecule has 2 aromatic heterocycles. The summed E-state index contributed by atoms with van der Waals surface area (Å²) in [6, 6.07) is 11.9. The molecule has 0 fully saturated rings. The lowest BCUT2D eigenvalue weighted by Gasteiger charge is -1.99. The van der Waals surface area contributed by atoms with Gasteiger partial charge < -0.3 is 0 Å². The van der Waals surface area contributed by atoms with Gasteiger partial charge in [-0.3, -0.25) is 10.1 Å². The second-order valence-electron chi connectivity index (χ2n) is 4.06. The minimum Gasteiger partial charge on any atom is -0.265 e. The van der Waals surface area contributed by atoms with Gasteiger partial charge in [0.2, 0.25) is 0 Å². The summed E-state index contributed by atoms with van der Waals surface area (Å²) in [7, 11) is 0. The highest BCUT2D eigenvalue weighted by Crippen LogP contribution is 2.21. The van der Waals surface area contributed by atoms with E-state index in [1.54, 1.807) is 12.4 Å². The van der Waals surface area contributed by atoms with Crippen molar-refractivity contribution in [2.45, 2.75) is 6.92 Å². The van der Waals surface area contributed by atoms with Crippen LogP contribution < -0.4 is 0 Å². The van der Waals surface area contributed by atoms with Crippen LogP contribution in [0, 0.1) is 6.92 Å². The molecule has 3 aromatic rings. The average molecular weight is 236 g/mol. The van der Waals surface area contributed by atoms with Crippen molar-refractivity contribution in [1.29, 1.82) is 0 Å². The second kappa shape index (κ2) is 4.41. The first-order valence-electron chi connectivity index (χ1n) is 5.73. The highest BCUT2D eigenvalue weighted by molar-refractivity contribution is 5.63. The van der Waals surface area contributed by atoms with Crippen molar-refractivity contribution >= 4 is 0 Å². The van der Waals surface area contributed by atoms with E-state index in [9.17, 15) is 0 Å². The van der Waals surface area contributed by atoms with Crippen molar-refractivity contribution in [3.63, 3.8) is 0 Å². The molecule has 3 rings (SSSR count). The Morgan fingerprint density at radius 3 is 2.56 bits per heavy atom. The van der Waals surface area contributed by atoms with E-state index in [-0.39, 0.29) is 0 Å². The molecule has 0 bridgehead atoms. The predicted octanol–water partition coefficient (Wildman–Crippen LogP) is 2.84. The van der Waals surface area contributed by atoms with E-state index in [0.29, 0.717) is 5.82 Å². The van der Waals surface area contributed by atoms with Gasteiger partial charge in [0, 0.05) is 23.5 Å². The molecule has 0 saturated carbocycles. The number of hydrogen-bond donors (Lipinski definition) is 1. The van der Waals surface area contributed by atoms with Gasteiger partial charge in [0.1, 0.15) is 0 Å². The van der Waals surface area contributed by atoms with Crippen LogP contribution in [0.3, 0.4) is 0 Å². The zero-order valence-corrected chi connectivity index (χ0v) is 9.96. The molecule has 0 saturated heterocycles. The summed E-state index contributed by atoms with van der Waals surface area (Å²) < 4.78 is 0. The first-order valence-corrected chi connectivity index (χ1v) is 5.73. The molecular weight excluding hydrogens is 224 g/mol. The molecule has 0 aliphatic heterocycles. The van der Waals surface area contributed by atoms with Gasteiger partial charge >= 0.3 is 0 Å². The van der Waals surface area contributed by atoms with E-state index in [2.05, 4.69) is 33.2 Å². The average Bonchev–Trinajstić information content (AvgIpc) is 2.90. The van der Waals surface area contributed by atoms with Crippen LogP contribution in [0.15, 0.2) is 48.8 Å². The van der Waals surface area contributed by atoms with Crippen LogP contribution in [-0.4, -0.2) is 20.2 Å². The largest absolute Gasteiger partial charge is 0.265 e. The minimum atomic E-state index is 0.690. The summed E-state index contributed by atoms with van der Waals surface area (Å²) in [5.74, 6) is 1.48. The minimum absolute atomic E-state index is 0.690. The molecule has 1 N–H and O–H groups in total. The molecule has 4 heteroatoms. The van der Waals surface area contributed by atoms with E-state index < -0.39 is 0 Å². The lowest BCUT2D eigenvalue weighted by molar-refractivity contribution is 1.10. The maximum absolute atomic E-state index is 4.52. The lowest BCUT2D eigenvalue weighted by Crippen LogP contribution is -1.84. The smallest absolute Gasteiger partial charge is 0.181 e. The fourth-order valence-corrected chi connectivity index (χ4v) is 1.85. The summed E-state index contributed by atoms with van der Waals surface area (Å²) in [5.41, 5.74) is 3.21. The number of rotatable bonds is 2. The van der Waals surface area contributed by atoms with Crippen molar-refractivity contribution in [3.8, 4) is 22.8 Å². The summed E-state index contributed by atoms with van der Waals surface area (Å²) in [6.07, 6.45) is 3.47. The van der Waals surface area contributed by atoms with Crippen molar-refractivity contribution in [2.75, 3.05) is 0 Å². The van der Waals surface area contributed by atoms with Gasteiger partial charge in [0.15, 0.2) is 11.6 Å². The van der Waals surface area contributed by atoms with Gasteiger partial charge in [-0.1, -0.05) is 24.3 Å². The number of hydrogen-bond acceptors (Lipinski definition) is 3. The molecule has 2 heterocycles. The Hall–Kier alpha value is -2.49. The van der Waals surface area contributed by atoms with Gasteiger partial charge in [-0.15, -0.1) is 0 Å². The SMILES string of the molecule is Cc1ccccc1-c1nc(-c2ccncc2)n[nH]1. The third-order valence-electron chi connectivity index (χ3n) is 2.82. The monoisotopic (exact) mass is 236 g/mol. The van der Waals surface area contributed by atoms with Crippen LogP contribution in [0.4, 0.5) is 0 Å². The van der Waals surface area contributed by atoms with Crippen LogP contribution in [0.2, 0.25) is 0 Å². The fraction of sp³-hybridized carbons (Fsp3) is 0.0714. The summed E-state index contributed by atoms with van der Waals surface area (Å²) in [4.78, 5) is 8.50. The molecule has 0 amide bonds. The number of nitrogens with one attached hydrogen (secondary N) is 1. The van der Waals surface area contributed by atoms with E-state index in [1.165, 1.54) is 5.56 Å². The van der Waals surface area contributed by atoms with Crippen LogP contribution >= 0.6 is 0 Å². The van der Waals surface area contributed by atoms with Gasteiger partial charge in [-0.2, -0.15) is 5.10 Å². The van der Waals surface area contributed by atoms with Crippen molar-refractivity contribution in [1.82, 2.24) is 20.2 Å². The Labute approximate surface area is 105 Å². The number of aryl methyl sites for hydroxylation is 1. The normalized spacial score (nSPS) is 10.5. The van der Waals surface area contributed by atoms with E-state index in [4.69, 9.17) is 0 Å². The van der Waals surface area contributed by atoms with Crippen LogP contribution in [-0.2, 0) is 0 Å². The van der Waals surface area contributed by atoms with Crippen molar-refractivity contribution < 1.29 is 0 Å². The first-order chi connectivity index (χ1) is 8.84. The molecular formula is C14H12N4. The molecule has 18 heavy (non-hydrogen) atoms. The van der Waals surface area contributed by atoms with E-state index in [1.807, 2.05) is 30.3 Å². The van der Waals surface area contributed by atoms with Crippen molar-refractivity contribution in [2.24, 2.45) is 0 Å². The topological polar surface area (TPSA) is 54.5 Å². The molecule has 0 aliphatic rings. The zero-order chi connectivity index (χ0) is 12.4. The third kappa shape index (κ3) is 1.88. The summed E-state index contributed by atoms with van der Waals surface area (Å²) >= 11 is 0. The molecule has 0 radical (unpaired) electrons. The third-order valence-corrected chi connectivity index (χ3v) is 2.82. The number of benzene rings is 1. The van der Waals surface area contributed by atoms with Crippen LogP contribution in [0.25, 0.3) is 22.8 Å². The molecule has 1 aromatic carbocycles. The number of nitrogens with zero attached hydrogens (tertiary/aromatic N) is 3. The Bertz CT molecular complexity index is 658. The van der Waals surface area contributed by atoms with E-state index in [0.717, 1.165) is 17.0 Å². The maximum Gasteiger partial charge on any atom is 0.181 e. The molecule has 0 spiro atoms. The molecule has 0 unspecified atom stereocenters. The molecule has 88 valence electrons. The lowest BCUT2D eigenvalue weighted by atomic mass is 10.1.